The molecule has 0 bridgehead atoms. The minimum atomic E-state index is -0.679. The van der Waals surface area contributed by atoms with Crippen LogP contribution in [0.3, 0.4) is 0 Å². The highest BCUT2D eigenvalue weighted by atomic mass is 16.5. The number of rotatable bonds is 11. The number of nitrogens with two attached hydrogens (primary N) is 1. The molecule has 0 unspecified atom stereocenters. The van der Waals surface area contributed by atoms with Crippen molar-refractivity contribution in [2.24, 2.45) is 5.92 Å². The van der Waals surface area contributed by atoms with E-state index in [1.54, 1.807) is 4.57 Å². The number of imidazole rings is 1. The van der Waals surface area contributed by atoms with E-state index in [1.165, 1.54) is 0 Å². The Labute approximate surface area is 175 Å². The van der Waals surface area contributed by atoms with Crippen LogP contribution >= 0.6 is 0 Å². The van der Waals surface area contributed by atoms with Gasteiger partial charge in [0.05, 0.1) is 12.5 Å². The van der Waals surface area contributed by atoms with Crippen molar-refractivity contribution in [2.75, 3.05) is 32.0 Å². The van der Waals surface area contributed by atoms with Crippen LogP contribution < -0.4 is 16.2 Å². The molecule has 0 aromatic carbocycles. The normalized spacial score (nSPS) is 15.6. The number of aliphatic carboxylic acids is 1. The van der Waals surface area contributed by atoms with Crippen LogP contribution in [0.25, 0.3) is 11.2 Å². The van der Waals surface area contributed by atoms with Gasteiger partial charge in [-0.05, 0) is 51.7 Å². The molecule has 0 atom stereocenters. The van der Waals surface area contributed by atoms with Crippen molar-refractivity contribution in [3.63, 3.8) is 0 Å². The van der Waals surface area contributed by atoms with Gasteiger partial charge in [0.1, 0.15) is 5.52 Å². The minimum Gasteiger partial charge on any atom is -0.481 e. The van der Waals surface area contributed by atoms with Crippen LogP contribution in [0.4, 0.5) is 5.82 Å². The lowest BCUT2D eigenvalue weighted by molar-refractivity contribution is -0.143. The average Bonchev–Trinajstić information content (AvgIpc) is 3.04. The van der Waals surface area contributed by atoms with Crippen molar-refractivity contribution in [3.8, 4) is 6.01 Å². The second kappa shape index (κ2) is 10.4. The first kappa shape index (κ1) is 22.1. The van der Waals surface area contributed by atoms with Gasteiger partial charge in [0.25, 0.3) is 0 Å². The van der Waals surface area contributed by atoms with Gasteiger partial charge in [0, 0.05) is 6.54 Å². The molecule has 3 heterocycles. The number of anilines is 1. The number of aromatic amines is 1. The van der Waals surface area contributed by atoms with Crippen LogP contribution in [0.15, 0.2) is 4.79 Å². The topological polar surface area (TPSA) is 139 Å². The maximum absolute atomic E-state index is 12.3. The van der Waals surface area contributed by atoms with E-state index < -0.39 is 5.97 Å². The van der Waals surface area contributed by atoms with E-state index in [0.29, 0.717) is 24.3 Å². The average molecular weight is 421 g/mol. The summed E-state index contributed by atoms with van der Waals surface area (Å²) in [5.41, 5.74) is 6.66. The number of nitrogen functional groups attached to an aromatic ring is 1. The molecule has 0 saturated carbocycles. The zero-order valence-corrected chi connectivity index (χ0v) is 17.6. The van der Waals surface area contributed by atoms with Gasteiger partial charge in [-0.2, -0.15) is 9.97 Å². The number of nitrogens with zero attached hydrogens (tertiary/aromatic N) is 4. The van der Waals surface area contributed by atoms with Crippen molar-refractivity contribution in [2.45, 2.75) is 58.4 Å². The van der Waals surface area contributed by atoms with E-state index >= 15 is 0 Å². The summed E-state index contributed by atoms with van der Waals surface area (Å²) in [6.07, 6.45) is 6.18. The Hall–Kier alpha value is -2.62. The van der Waals surface area contributed by atoms with Gasteiger partial charge < -0.3 is 25.5 Å². The molecule has 1 saturated heterocycles. The highest BCUT2D eigenvalue weighted by Gasteiger charge is 2.23. The molecule has 10 heteroatoms. The first-order valence-corrected chi connectivity index (χ1v) is 10.8. The van der Waals surface area contributed by atoms with Gasteiger partial charge in [0.2, 0.25) is 0 Å². The zero-order chi connectivity index (χ0) is 21.5. The van der Waals surface area contributed by atoms with E-state index in [2.05, 4.69) is 26.8 Å². The predicted octanol–water partition coefficient (Wildman–Crippen LogP) is 1.85. The number of aryl methyl sites for hydroxylation is 1. The molecule has 1 fully saturated rings. The Bertz CT molecular complexity index is 901. The summed E-state index contributed by atoms with van der Waals surface area (Å²) in [5.74, 6) is -0.658. The van der Waals surface area contributed by atoms with Gasteiger partial charge >= 0.3 is 17.7 Å². The Morgan fingerprint density at radius 2 is 1.93 bits per heavy atom. The summed E-state index contributed by atoms with van der Waals surface area (Å²) >= 11 is 0. The van der Waals surface area contributed by atoms with Crippen LogP contribution in [0, 0.1) is 5.92 Å². The first-order valence-electron chi connectivity index (χ1n) is 10.8. The molecule has 0 radical (unpaired) electrons. The monoisotopic (exact) mass is 420 g/mol. The van der Waals surface area contributed by atoms with Gasteiger partial charge in [-0.25, -0.2) is 4.79 Å². The maximum atomic E-state index is 12.3. The summed E-state index contributed by atoms with van der Waals surface area (Å²) in [4.78, 5) is 36.9. The summed E-state index contributed by atoms with van der Waals surface area (Å²) in [7, 11) is 0. The molecule has 4 N–H and O–H groups in total. The Morgan fingerprint density at radius 1 is 1.20 bits per heavy atom. The van der Waals surface area contributed by atoms with Crippen LogP contribution in [0.1, 0.15) is 51.9 Å². The summed E-state index contributed by atoms with van der Waals surface area (Å²) in [6.45, 7) is 5.78. The fraction of sp³-hybridized carbons (Fsp3) is 0.700. The Balaban J connectivity index is 1.50. The van der Waals surface area contributed by atoms with Crippen LogP contribution in [-0.4, -0.2) is 61.7 Å². The number of hydrogen-bond donors (Lipinski definition) is 3. The van der Waals surface area contributed by atoms with E-state index in [1.807, 2.05) is 0 Å². The number of carboxylic acid groups (broad SMARTS) is 1. The van der Waals surface area contributed by atoms with E-state index in [-0.39, 0.29) is 23.4 Å². The number of ether oxygens (including phenoxy) is 1. The lowest BCUT2D eigenvalue weighted by Crippen LogP contribution is -2.36. The summed E-state index contributed by atoms with van der Waals surface area (Å²) in [5, 5.41) is 9.07. The Morgan fingerprint density at radius 3 is 2.63 bits per heavy atom. The molecule has 30 heavy (non-hydrogen) atoms. The van der Waals surface area contributed by atoms with Crippen LogP contribution in [0.2, 0.25) is 0 Å². The molecule has 166 valence electrons. The third kappa shape index (κ3) is 5.50. The lowest BCUT2D eigenvalue weighted by Gasteiger charge is -2.29. The minimum absolute atomic E-state index is 0.194. The number of aromatic nitrogens is 4. The number of H-pyrrole nitrogens is 1. The molecular formula is C20H32N6O4. The molecule has 2 aromatic heterocycles. The fourth-order valence-corrected chi connectivity index (χ4v) is 3.80. The smallest absolute Gasteiger partial charge is 0.327 e. The maximum Gasteiger partial charge on any atom is 0.327 e. The number of unbranched alkanes of at least 4 members (excludes halogenated alkanes) is 3. The SMILES string of the molecule is CCCCOc1nc(N)c2[nH]c(=O)n(CCCCCN3CCC(C(=O)O)CC3)c2n1. The quantitative estimate of drug-likeness (QED) is 0.468. The molecule has 1 aliphatic heterocycles. The highest BCUT2D eigenvalue weighted by molar-refractivity contribution is 5.81. The first-order chi connectivity index (χ1) is 14.5. The van der Waals surface area contributed by atoms with Gasteiger partial charge in [-0.1, -0.05) is 19.8 Å². The number of carboxylic acids is 1. The number of nitrogens with one attached hydrogen (secondary N) is 1. The van der Waals surface area contributed by atoms with E-state index in [4.69, 9.17) is 15.6 Å². The lowest BCUT2D eigenvalue weighted by atomic mass is 9.97. The Kier molecular flexibility index (Phi) is 7.67. The van der Waals surface area contributed by atoms with Crippen molar-refractivity contribution >= 4 is 23.0 Å². The third-order valence-corrected chi connectivity index (χ3v) is 5.65. The fourth-order valence-electron chi connectivity index (χ4n) is 3.80. The van der Waals surface area contributed by atoms with E-state index in [9.17, 15) is 9.59 Å². The van der Waals surface area contributed by atoms with Crippen LogP contribution in [0.5, 0.6) is 6.01 Å². The second-order valence-corrected chi connectivity index (χ2v) is 7.89. The molecule has 0 aliphatic carbocycles. The molecular weight excluding hydrogens is 388 g/mol. The van der Waals surface area contributed by atoms with E-state index in [0.717, 1.165) is 64.6 Å². The molecule has 10 nitrogen and oxygen atoms in total. The largest absolute Gasteiger partial charge is 0.481 e. The number of carbonyl (C=O) groups is 1. The van der Waals surface area contributed by atoms with Crippen molar-refractivity contribution in [1.29, 1.82) is 0 Å². The second-order valence-electron chi connectivity index (χ2n) is 7.89. The molecule has 0 amide bonds. The van der Waals surface area contributed by atoms with Gasteiger partial charge in [-0.15, -0.1) is 0 Å². The molecule has 2 aromatic rings. The molecule has 0 spiro atoms. The van der Waals surface area contributed by atoms with Crippen molar-refractivity contribution < 1.29 is 14.6 Å². The number of fused-ring (bicyclic) bond motifs is 1. The van der Waals surface area contributed by atoms with Gasteiger partial charge in [0.15, 0.2) is 11.5 Å². The van der Waals surface area contributed by atoms with Crippen molar-refractivity contribution in [3.05, 3.63) is 10.5 Å². The highest BCUT2D eigenvalue weighted by Crippen LogP contribution is 2.19. The number of piperidine rings is 1. The third-order valence-electron chi connectivity index (χ3n) is 5.65. The summed E-state index contributed by atoms with van der Waals surface area (Å²) < 4.78 is 7.15. The number of hydrogen-bond acceptors (Lipinski definition) is 7. The molecule has 3 rings (SSSR count). The van der Waals surface area contributed by atoms with Gasteiger partial charge in [-0.3, -0.25) is 9.36 Å². The summed E-state index contributed by atoms with van der Waals surface area (Å²) in [6, 6.07) is 0.200. The standard InChI is InChI=1S/C20H32N6O4/c1-2-3-13-30-19-23-16(21)15-17(24-19)26(20(29)22-15)10-6-4-5-9-25-11-7-14(8-12-25)18(27)28/h14H,2-13H2,1H3,(H,22,29)(H,27,28)(H2,21,23,24). The zero-order valence-electron chi connectivity index (χ0n) is 17.6. The van der Waals surface area contributed by atoms with Crippen LogP contribution in [-0.2, 0) is 11.3 Å². The van der Waals surface area contributed by atoms with Crippen molar-refractivity contribution in [1.82, 2.24) is 24.4 Å². The number of likely N-dealkylation sites (tertiary alicyclic amines) is 1. The molecule has 1 aliphatic rings. The predicted molar refractivity (Wildman–Crippen MR) is 114 cm³/mol.